The maximum atomic E-state index is 13.5. The van der Waals surface area contributed by atoms with Crippen LogP contribution in [0, 0.1) is 6.92 Å². The van der Waals surface area contributed by atoms with E-state index in [0.29, 0.717) is 39.3 Å². The fourth-order valence-corrected chi connectivity index (χ4v) is 6.41. The first-order chi connectivity index (χ1) is 22.6. The van der Waals surface area contributed by atoms with Crippen LogP contribution in [0.25, 0.3) is 5.69 Å². The van der Waals surface area contributed by atoms with Gasteiger partial charge >= 0.3 is 11.9 Å². The largest absolute Gasteiger partial charge is 0.497 e. The minimum atomic E-state index is -0.754. The van der Waals surface area contributed by atoms with Gasteiger partial charge in [-0.15, -0.1) is 21.5 Å². The molecule has 0 bridgehead atoms. The van der Waals surface area contributed by atoms with Crippen molar-refractivity contribution in [3.63, 3.8) is 0 Å². The number of nitrogens with one attached hydrogen (secondary N) is 2. The Morgan fingerprint density at radius 1 is 0.957 bits per heavy atom. The third kappa shape index (κ3) is 8.10. The zero-order chi connectivity index (χ0) is 34.1. The number of ether oxygens (including phenoxy) is 4. The first-order valence-corrected chi connectivity index (χ1v) is 16.3. The lowest BCUT2D eigenvalue weighted by Gasteiger charge is -2.16. The molecule has 2 N–H and O–H groups in total. The van der Waals surface area contributed by atoms with Gasteiger partial charge in [0.25, 0.3) is 5.91 Å². The van der Waals surface area contributed by atoms with Crippen molar-refractivity contribution in [3.8, 4) is 17.2 Å². The number of thioether (sulfide) groups is 1. The lowest BCUT2D eigenvalue weighted by Crippen LogP contribution is -2.25. The number of para-hydroxylation sites is 2. The van der Waals surface area contributed by atoms with Gasteiger partial charge in [-0.2, -0.15) is 0 Å². The molecule has 0 saturated carbocycles. The molecule has 0 aliphatic heterocycles. The van der Waals surface area contributed by atoms with E-state index in [1.54, 1.807) is 68.7 Å². The van der Waals surface area contributed by atoms with E-state index in [-0.39, 0.29) is 41.1 Å². The number of nitrogens with zero attached hydrogens (tertiary/aromatic N) is 3. The van der Waals surface area contributed by atoms with Gasteiger partial charge in [0.1, 0.15) is 21.4 Å². The molecule has 15 heteroatoms. The lowest BCUT2D eigenvalue weighted by atomic mass is 10.1. The third-order valence-corrected chi connectivity index (χ3v) is 8.97. The number of benzene rings is 2. The maximum absolute atomic E-state index is 13.5. The second kappa shape index (κ2) is 16.1. The Kier molecular flexibility index (Phi) is 12.0. The quantitative estimate of drug-likeness (QED) is 0.135. The van der Waals surface area contributed by atoms with Crippen LogP contribution in [0.5, 0.6) is 11.5 Å². The highest BCUT2D eigenvalue weighted by molar-refractivity contribution is 8.00. The summed E-state index contributed by atoms with van der Waals surface area (Å²) in [5, 5.41) is 14.1. The molecule has 0 aliphatic carbocycles. The Morgan fingerprint density at radius 2 is 1.68 bits per heavy atom. The predicted molar refractivity (Wildman–Crippen MR) is 177 cm³/mol. The van der Waals surface area contributed by atoms with Crippen molar-refractivity contribution in [1.29, 1.82) is 0 Å². The van der Waals surface area contributed by atoms with Crippen LogP contribution in [-0.2, 0) is 20.8 Å². The molecule has 4 rings (SSSR count). The van der Waals surface area contributed by atoms with Crippen molar-refractivity contribution in [2.45, 2.75) is 44.6 Å². The zero-order valence-corrected chi connectivity index (χ0v) is 28.4. The average Bonchev–Trinajstić information content (AvgIpc) is 3.62. The van der Waals surface area contributed by atoms with Crippen molar-refractivity contribution in [3.05, 3.63) is 75.9 Å². The second-order valence-electron chi connectivity index (χ2n) is 9.77. The van der Waals surface area contributed by atoms with E-state index >= 15 is 0 Å². The molecule has 1 atom stereocenters. The minimum Gasteiger partial charge on any atom is -0.497 e. The van der Waals surface area contributed by atoms with Crippen LogP contribution in [-0.4, -0.2) is 71.2 Å². The van der Waals surface area contributed by atoms with Crippen molar-refractivity contribution in [1.82, 2.24) is 20.1 Å². The van der Waals surface area contributed by atoms with E-state index in [0.717, 1.165) is 23.1 Å². The van der Waals surface area contributed by atoms with Crippen molar-refractivity contribution in [2.24, 2.45) is 0 Å². The van der Waals surface area contributed by atoms with Gasteiger partial charge < -0.3 is 29.6 Å². The summed E-state index contributed by atoms with van der Waals surface area (Å²) < 4.78 is 22.9. The molecular weight excluding hydrogens is 647 g/mol. The number of carbonyl (C=O) groups excluding carboxylic acids is 4. The molecule has 2 aromatic carbocycles. The fourth-order valence-electron chi connectivity index (χ4n) is 4.44. The van der Waals surface area contributed by atoms with Crippen LogP contribution in [0.1, 0.15) is 62.5 Å². The predicted octanol–water partition coefficient (Wildman–Crippen LogP) is 5.06. The minimum absolute atomic E-state index is 0.0102. The van der Waals surface area contributed by atoms with Crippen molar-refractivity contribution < 1.29 is 38.1 Å². The van der Waals surface area contributed by atoms with Gasteiger partial charge in [0.2, 0.25) is 5.91 Å². The summed E-state index contributed by atoms with van der Waals surface area (Å²) >= 11 is 2.05. The summed E-state index contributed by atoms with van der Waals surface area (Å²) in [5.41, 5.74) is 1.46. The van der Waals surface area contributed by atoms with Crippen LogP contribution in [0.15, 0.2) is 53.7 Å². The molecule has 0 radical (unpaired) electrons. The maximum Gasteiger partial charge on any atom is 0.348 e. The molecule has 248 valence electrons. The number of hydrogen-bond donors (Lipinski definition) is 2. The number of thiophene rings is 1. The Balaban J connectivity index is 1.61. The van der Waals surface area contributed by atoms with Crippen LogP contribution in [0.3, 0.4) is 0 Å². The molecular formula is C32H35N5O8S2. The van der Waals surface area contributed by atoms with Crippen LogP contribution in [0.4, 0.5) is 5.00 Å². The van der Waals surface area contributed by atoms with Crippen LogP contribution >= 0.6 is 23.1 Å². The fraction of sp³-hybridized carbons (Fsp3) is 0.312. The number of amides is 2. The van der Waals surface area contributed by atoms with E-state index in [4.69, 9.17) is 18.9 Å². The van der Waals surface area contributed by atoms with Gasteiger partial charge in [-0.1, -0.05) is 30.0 Å². The highest BCUT2D eigenvalue weighted by atomic mass is 32.2. The first kappa shape index (κ1) is 35.0. The number of methoxy groups -OCH3 is 2. The van der Waals surface area contributed by atoms with Crippen LogP contribution < -0.4 is 20.1 Å². The Labute approximate surface area is 280 Å². The normalized spacial score (nSPS) is 11.4. The van der Waals surface area contributed by atoms with E-state index in [2.05, 4.69) is 20.8 Å². The van der Waals surface area contributed by atoms with Gasteiger partial charge in [-0.3, -0.25) is 14.2 Å². The Morgan fingerprint density at radius 3 is 2.38 bits per heavy atom. The highest BCUT2D eigenvalue weighted by Gasteiger charge is 2.29. The topological polar surface area (TPSA) is 160 Å². The molecule has 2 heterocycles. The lowest BCUT2D eigenvalue weighted by molar-refractivity contribution is -0.115. The summed E-state index contributed by atoms with van der Waals surface area (Å²) in [6.07, 6.45) is 0. The summed E-state index contributed by atoms with van der Waals surface area (Å²) in [6, 6.07) is 14.0. The number of carbonyl (C=O) groups is 4. The smallest absolute Gasteiger partial charge is 0.348 e. The summed E-state index contributed by atoms with van der Waals surface area (Å²) in [4.78, 5) is 52.1. The van der Waals surface area contributed by atoms with E-state index in [1.165, 1.54) is 14.2 Å². The van der Waals surface area contributed by atoms with E-state index < -0.39 is 23.1 Å². The molecule has 13 nitrogen and oxygen atoms in total. The Bertz CT molecular complexity index is 1770. The van der Waals surface area contributed by atoms with Gasteiger partial charge in [-0.25, -0.2) is 9.59 Å². The summed E-state index contributed by atoms with van der Waals surface area (Å²) in [7, 11) is 3.06. The Hall–Kier alpha value is -4.89. The van der Waals surface area contributed by atoms with Gasteiger partial charge in [0.15, 0.2) is 11.0 Å². The summed E-state index contributed by atoms with van der Waals surface area (Å²) in [6.45, 7) is 6.90. The molecule has 0 spiro atoms. The average molecular weight is 682 g/mol. The third-order valence-electron chi connectivity index (χ3n) is 6.74. The highest BCUT2D eigenvalue weighted by Crippen LogP contribution is 2.36. The standard InChI is InChI=1S/C32H35N5O8S2/c1-7-44-30(40)25-18(3)26(31(41)45-8-2)47-29(25)34-27(38)19(4)46-32-36-35-24(37(32)22-14-9-10-15-23(22)43-6)17-33-28(39)20-12-11-13-21(16-20)42-5/h9-16,19H,7-8,17H2,1-6H3,(H,33,39)(H,34,38). The van der Waals surface area contributed by atoms with Gasteiger partial charge in [0.05, 0.1) is 50.5 Å². The van der Waals surface area contributed by atoms with Gasteiger partial charge in [-0.05, 0) is 63.6 Å². The number of hydrogen-bond acceptors (Lipinski definition) is 12. The van der Waals surface area contributed by atoms with Gasteiger partial charge in [0, 0.05) is 5.56 Å². The number of anilines is 1. The van der Waals surface area contributed by atoms with E-state index in [1.807, 2.05) is 12.1 Å². The van der Waals surface area contributed by atoms with E-state index in [9.17, 15) is 19.2 Å². The molecule has 4 aromatic rings. The van der Waals surface area contributed by atoms with Crippen molar-refractivity contribution >= 4 is 51.9 Å². The zero-order valence-electron chi connectivity index (χ0n) is 26.7. The molecule has 47 heavy (non-hydrogen) atoms. The number of aromatic nitrogens is 3. The molecule has 0 fully saturated rings. The number of esters is 2. The second-order valence-corrected chi connectivity index (χ2v) is 12.1. The molecule has 0 saturated heterocycles. The summed E-state index contributed by atoms with van der Waals surface area (Å²) in [5.74, 6) is -0.607. The molecule has 0 aliphatic rings. The monoisotopic (exact) mass is 681 g/mol. The molecule has 2 aromatic heterocycles. The number of rotatable bonds is 14. The van der Waals surface area contributed by atoms with Crippen LogP contribution in [0.2, 0.25) is 0 Å². The first-order valence-electron chi connectivity index (χ1n) is 14.6. The van der Waals surface area contributed by atoms with Crippen molar-refractivity contribution in [2.75, 3.05) is 32.8 Å². The SMILES string of the molecule is CCOC(=O)c1sc(NC(=O)C(C)Sc2nnc(CNC(=O)c3cccc(OC)c3)n2-c2ccccc2OC)c(C(=O)OCC)c1C. The molecule has 2 amide bonds. The molecule has 1 unspecified atom stereocenters.